The van der Waals surface area contributed by atoms with E-state index in [1.807, 2.05) is 18.3 Å². The Morgan fingerprint density at radius 3 is 2.60 bits per heavy atom. The Bertz CT molecular complexity index is 315. The highest BCUT2D eigenvalue weighted by Crippen LogP contribution is 2.18. The van der Waals surface area contributed by atoms with E-state index in [0.29, 0.717) is 12.0 Å². The Morgan fingerprint density at radius 2 is 2.13 bits per heavy atom. The standard InChI is InChI=1S/C12H18N2O/c1-9(2)12-5-4-10(6-13-12)15-11-7-14(3)8-11/h4-6,9,11H,7-8H2,1-3H3. The molecule has 1 aliphatic heterocycles. The molecule has 1 fully saturated rings. The summed E-state index contributed by atoms with van der Waals surface area (Å²) in [6, 6.07) is 4.06. The number of nitrogens with zero attached hydrogens (tertiary/aromatic N) is 2. The molecule has 0 aliphatic carbocycles. The summed E-state index contributed by atoms with van der Waals surface area (Å²) in [5.74, 6) is 1.37. The van der Waals surface area contributed by atoms with Gasteiger partial charge < -0.3 is 4.74 Å². The van der Waals surface area contributed by atoms with Gasteiger partial charge in [0.25, 0.3) is 0 Å². The summed E-state index contributed by atoms with van der Waals surface area (Å²) >= 11 is 0. The predicted octanol–water partition coefficient (Wildman–Crippen LogP) is 1.90. The first-order valence-electron chi connectivity index (χ1n) is 5.46. The number of likely N-dealkylation sites (N-methyl/N-ethyl adjacent to an activating group) is 1. The fourth-order valence-electron chi connectivity index (χ4n) is 1.71. The van der Waals surface area contributed by atoms with E-state index in [1.165, 1.54) is 0 Å². The van der Waals surface area contributed by atoms with Crippen molar-refractivity contribution in [2.24, 2.45) is 0 Å². The first kappa shape index (κ1) is 10.4. The first-order valence-corrected chi connectivity index (χ1v) is 5.46. The molecule has 82 valence electrons. The third kappa shape index (κ3) is 2.48. The van der Waals surface area contributed by atoms with Crippen LogP contribution in [0, 0.1) is 0 Å². The van der Waals surface area contributed by atoms with Crippen molar-refractivity contribution in [2.45, 2.75) is 25.9 Å². The number of likely N-dealkylation sites (tertiary alicyclic amines) is 1. The first-order chi connectivity index (χ1) is 7.15. The van der Waals surface area contributed by atoms with E-state index in [2.05, 4.69) is 30.8 Å². The molecule has 0 N–H and O–H groups in total. The maximum absolute atomic E-state index is 5.75. The minimum absolute atomic E-state index is 0.349. The highest BCUT2D eigenvalue weighted by atomic mass is 16.5. The van der Waals surface area contributed by atoms with Gasteiger partial charge in [-0.05, 0) is 25.1 Å². The number of hydrogen-bond donors (Lipinski definition) is 0. The van der Waals surface area contributed by atoms with Crippen LogP contribution in [0.4, 0.5) is 0 Å². The lowest BCUT2D eigenvalue weighted by atomic mass is 10.1. The Hall–Kier alpha value is -1.09. The van der Waals surface area contributed by atoms with Crippen molar-refractivity contribution in [2.75, 3.05) is 20.1 Å². The predicted molar refractivity (Wildman–Crippen MR) is 60.2 cm³/mol. The zero-order valence-corrected chi connectivity index (χ0v) is 9.60. The summed E-state index contributed by atoms with van der Waals surface area (Å²) in [6.45, 7) is 6.32. The van der Waals surface area contributed by atoms with E-state index >= 15 is 0 Å². The molecule has 0 saturated carbocycles. The van der Waals surface area contributed by atoms with Crippen LogP contribution in [0.5, 0.6) is 5.75 Å². The van der Waals surface area contributed by atoms with Gasteiger partial charge in [0.1, 0.15) is 11.9 Å². The molecule has 0 bridgehead atoms. The second kappa shape index (κ2) is 4.19. The van der Waals surface area contributed by atoms with Crippen molar-refractivity contribution >= 4 is 0 Å². The Labute approximate surface area is 91.1 Å². The van der Waals surface area contributed by atoms with E-state index < -0.39 is 0 Å². The second-order valence-corrected chi connectivity index (χ2v) is 4.53. The Morgan fingerprint density at radius 1 is 1.40 bits per heavy atom. The van der Waals surface area contributed by atoms with Crippen molar-refractivity contribution < 1.29 is 4.74 Å². The molecular weight excluding hydrogens is 188 g/mol. The summed E-state index contributed by atoms with van der Waals surface area (Å²) in [6.07, 6.45) is 2.18. The van der Waals surface area contributed by atoms with Crippen LogP contribution in [-0.2, 0) is 0 Å². The van der Waals surface area contributed by atoms with Crippen LogP contribution >= 0.6 is 0 Å². The molecule has 1 aromatic heterocycles. The zero-order chi connectivity index (χ0) is 10.8. The van der Waals surface area contributed by atoms with Gasteiger partial charge in [0.15, 0.2) is 0 Å². The molecule has 2 rings (SSSR count). The van der Waals surface area contributed by atoms with Crippen LogP contribution in [0.25, 0.3) is 0 Å². The minimum atomic E-state index is 0.349. The molecule has 1 saturated heterocycles. The fraction of sp³-hybridized carbons (Fsp3) is 0.583. The summed E-state index contributed by atoms with van der Waals surface area (Å²) in [5, 5.41) is 0. The van der Waals surface area contributed by atoms with Gasteiger partial charge in [-0.15, -0.1) is 0 Å². The van der Waals surface area contributed by atoms with Crippen molar-refractivity contribution in [1.29, 1.82) is 0 Å². The lowest BCUT2D eigenvalue weighted by molar-refractivity contribution is 0.0385. The van der Waals surface area contributed by atoms with Crippen LogP contribution in [0.15, 0.2) is 18.3 Å². The van der Waals surface area contributed by atoms with Crippen LogP contribution in [0.1, 0.15) is 25.5 Å². The number of rotatable bonds is 3. The molecule has 0 radical (unpaired) electrons. The molecule has 0 spiro atoms. The molecule has 0 unspecified atom stereocenters. The monoisotopic (exact) mass is 206 g/mol. The van der Waals surface area contributed by atoms with Crippen molar-refractivity contribution in [1.82, 2.24) is 9.88 Å². The molecule has 0 aromatic carbocycles. The minimum Gasteiger partial charge on any atom is -0.486 e. The van der Waals surface area contributed by atoms with E-state index in [0.717, 1.165) is 24.5 Å². The molecule has 3 nitrogen and oxygen atoms in total. The third-order valence-electron chi connectivity index (χ3n) is 2.68. The van der Waals surface area contributed by atoms with E-state index in [1.54, 1.807) is 0 Å². The van der Waals surface area contributed by atoms with Gasteiger partial charge in [-0.1, -0.05) is 13.8 Å². The Kier molecular flexibility index (Phi) is 2.91. The molecular formula is C12H18N2O. The zero-order valence-electron chi connectivity index (χ0n) is 9.60. The highest BCUT2D eigenvalue weighted by molar-refractivity contribution is 5.21. The fourth-order valence-corrected chi connectivity index (χ4v) is 1.71. The highest BCUT2D eigenvalue weighted by Gasteiger charge is 2.24. The summed E-state index contributed by atoms with van der Waals surface area (Å²) in [7, 11) is 2.10. The lowest BCUT2D eigenvalue weighted by Gasteiger charge is -2.35. The van der Waals surface area contributed by atoms with Gasteiger partial charge in [-0.2, -0.15) is 0 Å². The largest absolute Gasteiger partial charge is 0.486 e. The van der Waals surface area contributed by atoms with Gasteiger partial charge in [0, 0.05) is 18.8 Å². The van der Waals surface area contributed by atoms with Gasteiger partial charge in [0.2, 0.25) is 0 Å². The maximum atomic E-state index is 5.75. The average molecular weight is 206 g/mol. The van der Waals surface area contributed by atoms with Crippen molar-refractivity contribution in [3.63, 3.8) is 0 Å². The molecule has 0 amide bonds. The molecule has 15 heavy (non-hydrogen) atoms. The molecule has 1 aliphatic rings. The van der Waals surface area contributed by atoms with Crippen molar-refractivity contribution in [3.05, 3.63) is 24.0 Å². The number of hydrogen-bond acceptors (Lipinski definition) is 3. The quantitative estimate of drug-likeness (QED) is 0.755. The molecule has 0 atom stereocenters. The van der Waals surface area contributed by atoms with E-state index in [4.69, 9.17) is 4.74 Å². The second-order valence-electron chi connectivity index (χ2n) is 4.53. The average Bonchev–Trinajstić information content (AvgIpc) is 2.16. The van der Waals surface area contributed by atoms with Gasteiger partial charge in [-0.25, -0.2) is 0 Å². The number of pyridine rings is 1. The topological polar surface area (TPSA) is 25.4 Å². The van der Waals surface area contributed by atoms with Crippen LogP contribution in [-0.4, -0.2) is 36.1 Å². The summed E-state index contributed by atoms with van der Waals surface area (Å²) < 4.78 is 5.75. The number of ether oxygens (including phenoxy) is 1. The van der Waals surface area contributed by atoms with E-state index in [-0.39, 0.29) is 0 Å². The van der Waals surface area contributed by atoms with Crippen LogP contribution in [0.2, 0.25) is 0 Å². The maximum Gasteiger partial charge on any atom is 0.138 e. The summed E-state index contributed by atoms with van der Waals surface area (Å²) in [4.78, 5) is 6.61. The molecule has 2 heterocycles. The van der Waals surface area contributed by atoms with E-state index in [9.17, 15) is 0 Å². The molecule has 1 aromatic rings. The SMILES string of the molecule is CC(C)c1ccc(OC2CN(C)C2)cn1. The van der Waals surface area contributed by atoms with Crippen molar-refractivity contribution in [3.8, 4) is 5.75 Å². The third-order valence-corrected chi connectivity index (χ3v) is 2.68. The smallest absolute Gasteiger partial charge is 0.138 e. The van der Waals surface area contributed by atoms with Gasteiger partial charge in [0.05, 0.1) is 6.20 Å². The van der Waals surface area contributed by atoms with Crippen LogP contribution < -0.4 is 4.74 Å². The van der Waals surface area contributed by atoms with Gasteiger partial charge in [-0.3, -0.25) is 9.88 Å². The van der Waals surface area contributed by atoms with Gasteiger partial charge >= 0.3 is 0 Å². The normalized spacial score (nSPS) is 17.9. The number of aromatic nitrogens is 1. The lowest BCUT2D eigenvalue weighted by Crippen LogP contribution is -2.51. The van der Waals surface area contributed by atoms with Crippen LogP contribution in [0.3, 0.4) is 0 Å². The summed E-state index contributed by atoms with van der Waals surface area (Å²) in [5.41, 5.74) is 1.12. The molecule has 3 heteroatoms. The Balaban J connectivity index is 1.92.